The highest BCUT2D eigenvalue weighted by atomic mass is 16.5. The molecule has 2 aromatic carbocycles. The highest BCUT2D eigenvalue weighted by Crippen LogP contribution is 2.21. The predicted molar refractivity (Wildman–Crippen MR) is 87.0 cm³/mol. The molecule has 1 aromatic heterocycles. The van der Waals surface area contributed by atoms with Crippen molar-refractivity contribution < 1.29 is 13.9 Å². The first-order chi connectivity index (χ1) is 11.1. The highest BCUT2D eigenvalue weighted by molar-refractivity contribution is 5.77. The van der Waals surface area contributed by atoms with E-state index in [2.05, 4.69) is 4.98 Å². The van der Waals surface area contributed by atoms with Crippen LogP contribution in [-0.2, 0) is 4.79 Å². The number of esters is 1. The molecule has 0 bridgehead atoms. The SMILES string of the molecule is CC(=O)Oc1ccccc1/C=C/c1nc(=O)c2ccccc2o1. The number of nitrogens with zero attached hydrogens (tertiary/aromatic N) is 1. The monoisotopic (exact) mass is 307 g/mol. The maximum absolute atomic E-state index is 11.9. The second-order valence-corrected chi connectivity index (χ2v) is 4.82. The van der Waals surface area contributed by atoms with E-state index >= 15 is 0 Å². The van der Waals surface area contributed by atoms with Crippen LogP contribution >= 0.6 is 0 Å². The number of aromatic nitrogens is 1. The van der Waals surface area contributed by atoms with E-state index in [0.717, 1.165) is 0 Å². The standard InChI is InChI=1S/C18H13NO4/c1-12(20)22-15-8-4-2-6-13(15)10-11-17-19-18(21)14-7-3-5-9-16(14)23-17/h2-11H,1H3/b11-10+. The van der Waals surface area contributed by atoms with Crippen molar-refractivity contribution >= 4 is 29.1 Å². The van der Waals surface area contributed by atoms with Crippen molar-refractivity contribution in [3.05, 3.63) is 70.3 Å². The highest BCUT2D eigenvalue weighted by Gasteiger charge is 2.05. The molecule has 114 valence electrons. The molecule has 23 heavy (non-hydrogen) atoms. The second-order valence-electron chi connectivity index (χ2n) is 4.82. The van der Waals surface area contributed by atoms with Crippen molar-refractivity contribution in [1.29, 1.82) is 0 Å². The molecule has 0 saturated heterocycles. The van der Waals surface area contributed by atoms with Gasteiger partial charge in [-0.15, -0.1) is 0 Å². The Morgan fingerprint density at radius 1 is 1.09 bits per heavy atom. The predicted octanol–water partition coefficient (Wildman–Crippen LogP) is 3.28. The number of rotatable bonds is 3. The Labute approximate surface area is 131 Å². The average molecular weight is 307 g/mol. The van der Waals surface area contributed by atoms with Crippen LogP contribution in [0.2, 0.25) is 0 Å². The number of fused-ring (bicyclic) bond motifs is 1. The summed E-state index contributed by atoms with van der Waals surface area (Å²) in [6.45, 7) is 1.34. The Hall–Kier alpha value is -3.21. The lowest BCUT2D eigenvalue weighted by Crippen LogP contribution is -2.06. The lowest BCUT2D eigenvalue weighted by molar-refractivity contribution is -0.131. The molecule has 3 aromatic rings. The molecule has 0 radical (unpaired) electrons. The first-order valence-corrected chi connectivity index (χ1v) is 6.99. The number of hydrogen-bond donors (Lipinski definition) is 0. The van der Waals surface area contributed by atoms with Gasteiger partial charge in [-0.2, -0.15) is 4.98 Å². The van der Waals surface area contributed by atoms with Gasteiger partial charge in [0, 0.05) is 18.6 Å². The van der Waals surface area contributed by atoms with E-state index < -0.39 is 5.97 Å². The van der Waals surface area contributed by atoms with Gasteiger partial charge < -0.3 is 9.15 Å². The Balaban J connectivity index is 1.98. The van der Waals surface area contributed by atoms with Crippen LogP contribution in [0.4, 0.5) is 0 Å². The lowest BCUT2D eigenvalue weighted by Gasteiger charge is -2.04. The summed E-state index contributed by atoms with van der Waals surface area (Å²) in [7, 11) is 0. The number of hydrogen-bond acceptors (Lipinski definition) is 5. The van der Waals surface area contributed by atoms with Crippen LogP contribution < -0.4 is 10.3 Å². The van der Waals surface area contributed by atoms with Gasteiger partial charge in [0.2, 0.25) is 5.89 Å². The normalized spacial score (nSPS) is 11.0. The van der Waals surface area contributed by atoms with Crippen LogP contribution in [0, 0.1) is 0 Å². The Morgan fingerprint density at radius 2 is 1.83 bits per heavy atom. The van der Waals surface area contributed by atoms with Crippen LogP contribution in [0.3, 0.4) is 0 Å². The average Bonchev–Trinajstić information content (AvgIpc) is 2.54. The van der Waals surface area contributed by atoms with Gasteiger partial charge in [-0.1, -0.05) is 30.3 Å². The zero-order valence-corrected chi connectivity index (χ0v) is 12.4. The quantitative estimate of drug-likeness (QED) is 0.548. The van der Waals surface area contributed by atoms with Gasteiger partial charge in [-0.05, 0) is 24.3 Å². The summed E-state index contributed by atoms with van der Waals surface area (Å²) in [5.41, 5.74) is 0.806. The first kappa shape index (κ1) is 14.7. The fourth-order valence-corrected chi connectivity index (χ4v) is 2.13. The van der Waals surface area contributed by atoms with Crippen LogP contribution in [0.25, 0.3) is 23.1 Å². The lowest BCUT2D eigenvalue weighted by atomic mass is 10.2. The molecule has 0 aliphatic carbocycles. The molecule has 3 rings (SSSR count). The van der Waals surface area contributed by atoms with Crippen molar-refractivity contribution in [2.24, 2.45) is 0 Å². The molecule has 0 N–H and O–H groups in total. The minimum Gasteiger partial charge on any atom is -0.438 e. The summed E-state index contributed by atoms with van der Waals surface area (Å²) in [4.78, 5) is 27.0. The van der Waals surface area contributed by atoms with Crippen molar-refractivity contribution in [3.63, 3.8) is 0 Å². The van der Waals surface area contributed by atoms with Crippen LogP contribution in [-0.4, -0.2) is 11.0 Å². The molecule has 0 fully saturated rings. The molecular weight excluding hydrogens is 294 g/mol. The summed E-state index contributed by atoms with van der Waals surface area (Å²) in [6, 6.07) is 14.0. The summed E-state index contributed by atoms with van der Waals surface area (Å²) < 4.78 is 10.7. The van der Waals surface area contributed by atoms with Gasteiger partial charge >= 0.3 is 5.97 Å². The second kappa shape index (κ2) is 6.27. The Bertz CT molecular complexity index is 956. The zero-order chi connectivity index (χ0) is 16.2. The van der Waals surface area contributed by atoms with Crippen molar-refractivity contribution in [1.82, 2.24) is 4.98 Å². The minimum absolute atomic E-state index is 0.186. The largest absolute Gasteiger partial charge is 0.438 e. The molecule has 0 aliphatic rings. The molecular formula is C18H13NO4. The van der Waals surface area contributed by atoms with E-state index in [9.17, 15) is 9.59 Å². The molecule has 5 heteroatoms. The number of para-hydroxylation sites is 2. The summed E-state index contributed by atoms with van der Waals surface area (Å²) in [6.07, 6.45) is 3.24. The molecule has 0 atom stereocenters. The topological polar surface area (TPSA) is 69.4 Å². The third-order valence-corrected chi connectivity index (χ3v) is 3.12. The molecule has 5 nitrogen and oxygen atoms in total. The first-order valence-electron chi connectivity index (χ1n) is 6.99. The van der Waals surface area contributed by atoms with E-state index in [1.54, 1.807) is 54.6 Å². The number of benzene rings is 2. The van der Waals surface area contributed by atoms with Gasteiger partial charge in [0.25, 0.3) is 5.56 Å². The molecule has 0 amide bonds. The number of carbonyl (C=O) groups excluding carboxylic acids is 1. The maximum atomic E-state index is 11.9. The fraction of sp³-hybridized carbons (Fsp3) is 0.0556. The van der Waals surface area contributed by atoms with Gasteiger partial charge in [0.05, 0.1) is 5.39 Å². The van der Waals surface area contributed by atoms with Gasteiger partial charge in [-0.3, -0.25) is 9.59 Å². The van der Waals surface area contributed by atoms with E-state index in [1.165, 1.54) is 6.92 Å². The molecule has 1 heterocycles. The third-order valence-electron chi connectivity index (χ3n) is 3.12. The van der Waals surface area contributed by atoms with E-state index in [0.29, 0.717) is 22.3 Å². The smallest absolute Gasteiger partial charge is 0.308 e. The third kappa shape index (κ3) is 3.35. The van der Waals surface area contributed by atoms with Crippen LogP contribution in [0.15, 0.2) is 57.7 Å². The molecule has 0 spiro atoms. The van der Waals surface area contributed by atoms with Gasteiger partial charge in [0.15, 0.2) is 0 Å². The van der Waals surface area contributed by atoms with Crippen molar-refractivity contribution in [3.8, 4) is 5.75 Å². The van der Waals surface area contributed by atoms with Gasteiger partial charge in [0.1, 0.15) is 11.3 Å². The zero-order valence-electron chi connectivity index (χ0n) is 12.4. The van der Waals surface area contributed by atoms with E-state index in [-0.39, 0.29) is 11.4 Å². The molecule has 0 saturated carbocycles. The molecule has 0 aliphatic heterocycles. The van der Waals surface area contributed by atoms with Crippen molar-refractivity contribution in [2.75, 3.05) is 0 Å². The maximum Gasteiger partial charge on any atom is 0.308 e. The summed E-state index contributed by atoms with van der Waals surface area (Å²) in [5.74, 6) is 0.215. The van der Waals surface area contributed by atoms with Crippen molar-refractivity contribution in [2.45, 2.75) is 6.92 Å². The number of carbonyl (C=O) groups is 1. The summed E-state index contributed by atoms with van der Waals surface area (Å²) >= 11 is 0. The Kier molecular flexibility index (Phi) is 4.01. The van der Waals surface area contributed by atoms with Crippen LogP contribution in [0.5, 0.6) is 5.75 Å². The molecule has 0 unspecified atom stereocenters. The van der Waals surface area contributed by atoms with Gasteiger partial charge in [-0.25, -0.2) is 0 Å². The number of ether oxygens (including phenoxy) is 1. The minimum atomic E-state index is -0.402. The summed E-state index contributed by atoms with van der Waals surface area (Å²) in [5, 5.41) is 0.435. The van der Waals surface area contributed by atoms with E-state index in [4.69, 9.17) is 9.15 Å². The van der Waals surface area contributed by atoms with E-state index in [1.807, 2.05) is 6.07 Å². The van der Waals surface area contributed by atoms with Crippen LogP contribution in [0.1, 0.15) is 18.4 Å². The Morgan fingerprint density at radius 3 is 2.65 bits per heavy atom. The fourth-order valence-electron chi connectivity index (χ4n) is 2.13.